The van der Waals surface area contributed by atoms with E-state index in [1.807, 2.05) is 48.5 Å². The summed E-state index contributed by atoms with van der Waals surface area (Å²) in [6, 6.07) is 52.3. The largest absolute Gasteiger partial charge is 0.456 e. The maximum Gasteiger partial charge on any atom is 0.164 e. The number of fused-ring (bicyclic) bond motifs is 6. The van der Waals surface area contributed by atoms with Gasteiger partial charge in [-0.2, -0.15) is 0 Å². The van der Waals surface area contributed by atoms with Gasteiger partial charge in [0.2, 0.25) is 0 Å². The van der Waals surface area contributed by atoms with E-state index >= 15 is 0 Å². The fourth-order valence-corrected chi connectivity index (χ4v) is 6.20. The Morgan fingerprint density at radius 2 is 0.822 bits per heavy atom. The van der Waals surface area contributed by atoms with E-state index in [9.17, 15) is 0 Å². The van der Waals surface area contributed by atoms with Gasteiger partial charge in [0.05, 0.1) is 0 Å². The Morgan fingerprint density at radius 3 is 1.58 bits per heavy atom. The second-order valence-corrected chi connectivity index (χ2v) is 11.3. The summed E-state index contributed by atoms with van der Waals surface area (Å²) >= 11 is 0. The Labute approximate surface area is 259 Å². The summed E-state index contributed by atoms with van der Waals surface area (Å²) in [7, 11) is 0. The molecule has 9 rings (SSSR count). The molecule has 7 aromatic carbocycles. The molecule has 0 unspecified atom stereocenters. The number of furan rings is 1. The quantitative estimate of drug-likeness (QED) is 0.196. The van der Waals surface area contributed by atoms with Crippen LogP contribution in [0.15, 0.2) is 156 Å². The van der Waals surface area contributed by atoms with Crippen LogP contribution in [0.2, 0.25) is 0 Å². The molecule has 2 heterocycles. The lowest BCUT2D eigenvalue weighted by molar-refractivity contribution is 0.669. The molecule has 4 nitrogen and oxygen atoms in total. The van der Waals surface area contributed by atoms with Crippen molar-refractivity contribution in [1.29, 1.82) is 0 Å². The van der Waals surface area contributed by atoms with Crippen molar-refractivity contribution in [3.05, 3.63) is 152 Å². The van der Waals surface area contributed by atoms with Crippen molar-refractivity contribution >= 4 is 43.5 Å². The van der Waals surface area contributed by atoms with Crippen LogP contribution < -0.4 is 0 Å². The topological polar surface area (TPSA) is 51.8 Å². The first-order valence-corrected chi connectivity index (χ1v) is 15.0. The molecule has 45 heavy (non-hydrogen) atoms. The van der Waals surface area contributed by atoms with Gasteiger partial charge in [-0.3, -0.25) is 0 Å². The maximum absolute atomic E-state index is 6.18. The van der Waals surface area contributed by atoms with E-state index in [4.69, 9.17) is 19.4 Å². The van der Waals surface area contributed by atoms with Crippen LogP contribution in [-0.2, 0) is 0 Å². The highest BCUT2D eigenvalue weighted by Crippen LogP contribution is 2.36. The average Bonchev–Trinajstić information content (AvgIpc) is 3.48. The zero-order valence-corrected chi connectivity index (χ0v) is 24.2. The smallest absolute Gasteiger partial charge is 0.164 e. The van der Waals surface area contributed by atoms with Crippen molar-refractivity contribution in [2.24, 2.45) is 0 Å². The number of hydrogen-bond acceptors (Lipinski definition) is 4. The van der Waals surface area contributed by atoms with Crippen LogP contribution >= 0.6 is 0 Å². The van der Waals surface area contributed by atoms with Crippen LogP contribution in [0.1, 0.15) is 0 Å². The predicted octanol–water partition coefficient (Wildman–Crippen LogP) is 10.7. The van der Waals surface area contributed by atoms with Gasteiger partial charge in [0.25, 0.3) is 0 Å². The molecule has 0 aliphatic carbocycles. The van der Waals surface area contributed by atoms with Gasteiger partial charge < -0.3 is 4.42 Å². The van der Waals surface area contributed by atoms with Crippen LogP contribution in [0, 0.1) is 0 Å². The van der Waals surface area contributed by atoms with Crippen molar-refractivity contribution in [3.8, 4) is 45.3 Å². The summed E-state index contributed by atoms with van der Waals surface area (Å²) in [6.45, 7) is 0. The molecular weight excluding hydrogens is 550 g/mol. The van der Waals surface area contributed by atoms with Gasteiger partial charge in [-0.15, -0.1) is 0 Å². The molecule has 0 atom stereocenters. The van der Waals surface area contributed by atoms with Crippen LogP contribution in [0.4, 0.5) is 0 Å². The van der Waals surface area contributed by atoms with Crippen molar-refractivity contribution < 1.29 is 4.42 Å². The molecule has 0 aliphatic rings. The highest BCUT2D eigenvalue weighted by Gasteiger charge is 2.15. The van der Waals surface area contributed by atoms with Crippen molar-refractivity contribution in [3.63, 3.8) is 0 Å². The molecule has 0 bridgehead atoms. The molecule has 4 heteroatoms. The molecule has 0 saturated carbocycles. The Balaban J connectivity index is 1.22. The molecule has 0 aliphatic heterocycles. The van der Waals surface area contributed by atoms with E-state index in [0.717, 1.165) is 60.4 Å². The summed E-state index contributed by atoms with van der Waals surface area (Å²) in [4.78, 5) is 15.0. The van der Waals surface area contributed by atoms with Crippen LogP contribution in [0.25, 0.3) is 88.8 Å². The summed E-state index contributed by atoms with van der Waals surface area (Å²) in [5, 5.41) is 6.84. The molecule has 2 aromatic heterocycles. The third-order valence-corrected chi connectivity index (χ3v) is 8.51. The van der Waals surface area contributed by atoms with Crippen LogP contribution in [0.5, 0.6) is 0 Å². The lowest BCUT2D eigenvalue weighted by atomic mass is 9.98. The lowest BCUT2D eigenvalue weighted by Crippen LogP contribution is -2.00. The fraction of sp³-hybridized carbons (Fsp3) is 0. The number of nitrogens with zero attached hydrogens (tertiary/aromatic N) is 3. The van der Waals surface area contributed by atoms with E-state index in [0.29, 0.717) is 17.5 Å². The summed E-state index contributed by atoms with van der Waals surface area (Å²) in [5.74, 6) is 1.93. The fourth-order valence-electron chi connectivity index (χ4n) is 6.20. The summed E-state index contributed by atoms with van der Waals surface area (Å²) in [5.41, 5.74) is 6.95. The molecule has 0 saturated heterocycles. The normalized spacial score (nSPS) is 11.6. The van der Waals surface area contributed by atoms with E-state index in [1.165, 1.54) is 10.9 Å². The van der Waals surface area contributed by atoms with Gasteiger partial charge in [0, 0.05) is 27.5 Å². The molecule has 9 aromatic rings. The monoisotopic (exact) mass is 575 g/mol. The van der Waals surface area contributed by atoms with E-state index in [2.05, 4.69) is 103 Å². The molecule has 0 radical (unpaired) electrons. The molecule has 210 valence electrons. The third kappa shape index (κ3) is 4.43. The zero-order chi connectivity index (χ0) is 29.7. The van der Waals surface area contributed by atoms with Crippen molar-refractivity contribution in [2.45, 2.75) is 0 Å². The average molecular weight is 576 g/mol. The number of rotatable bonds is 4. The van der Waals surface area contributed by atoms with Crippen LogP contribution in [0.3, 0.4) is 0 Å². The first-order chi connectivity index (χ1) is 22.3. The van der Waals surface area contributed by atoms with Gasteiger partial charge in [-0.1, -0.05) is 127 Å². The SMILES string of the molecule is c1ccc(-c2ccc(-c3nc(-c4ccccc4)nc(-c4ccc5ccc6cc7oc8ccccc8c7cc6c5c4)n3)cc2)cc1. The second kappa shape index (κ2) is 10.2. The number of para-hydroxylation sites is 1. The maximum atomic E-state index is 6.18. The first-order valence-electron chi connectivity index (χ1n) is 15.0. The minimum atomic E-state index is 0.639. The first kappa shape index (κ1) is 25.4. The van der Waals surface area contributed by atoms with Gasteiger partial charge in [-0.05, 0) is 56.9 Å². The Kier molecular flexibility index (Phi) is 5.78. The Hall–Kier alpha value is -6.13. The van der Waals surface area contributed by atoms with E-state index in [-0.39, 0.29) is 0 Å². The number of aromatic nitrogens is 3. The predicted molar refractivity (Wildman–Crippen MR) is 184 cm³/mol. The Bertz CT molecular complexity index is 2520. The van der Waals surface area contributed by atoms with E-state index < -0.39 is 0 Å². The van der Waals surface area contributed by atoms with E-state index in [1.54, 1.807) is 0 Å². The number of benzene rings is 7. The number of hydrogen-bond donors (Lipinski definition) is 0. The summed E-state index contributed by atoms with van der Waals surface area (Å²) < 4.78 is 6.18. The summed E-state index contributed by atoms with van der Waals surface area (Å²) in [6.07, 6.45) is 0. The van der Waals surface area contributed by atoms with Gasteiger partial charge in [-0.25, -0.2) is 15.0 Å². The lowest BCUT2D eigenvalue weighted by Gasteiger charge is -2.10. The minimum absolute atomic E-state index is 0.639. The highest BCUT2D eigenvalue weighted by atomic mass is 16.3. The van der Waals surface area contributed by atoms with Gasteiger partial charge >= 0.3 is 0 Å². The van der Waals surface area contributed by atoms with Crippen molar-refractivity contribution in [1.82, 2.24) is 15.0 Å². The zero-order valence-electron chi connectivity index (χ0n) is 24.2. The molecule has 0 spiro atoms. The second-order valence-electron chi connectivity index (χ2n) is 11.3. The highest BCUT2D eigenvalue weighted by molar-refractivity contribution is 6.16. The standard InChI is InChI=1S/C41H25N3O/c1-3-9-26(10-4-1)27-15-19-30(20-16-27)40-42-39(29-11-5-2-6-12-29)43-41(44-40)32-22-18-28-17-21-31-24-38-36(25-35(31)34(28)23-32)33-13-7-8-14-37(33)45-38/h1-25H. The molecular formula is C41H25N3O. The van der Waals surface area contributed by atoms with Crippen molar-refractivity contribution in [2.75, 3.05) is 0 Å². The Morgan fingerprint density at radius 1 is 0.311 bits per heavy atom. The molecule has 0 amide bonds. The van der Waals surface area contributed by atoms with Gasteiger partial charge in [0.1, 0.15) is 11.2 Å². The van der Waals surface area contributed by atoms with Gasteiger partial charge in [0.15, 0.2) is 17.5 Å². The third-order valence-electron chi connectivity index (χ3n) is 8.51. The molecule has 0 N–H and O–H groups in total. The molecule has 0 fully saturated rings. The minimum Gasteiger partial charge on any atom is -0.456 e. The van der Waals surface area contributed by atoms with Crippen LogP contribution in [-0.4, -0.2) is 15.0 Å².